The second-order valence-corrected chi connectivity index (χ2v) is 2.24. The van der Waals surface area contributed by atoms with Crippen molar-refractivity contribution in [1.82, 2.24) is 9.97 Å². The van der Waals surface area contributed by atoms with Gasteiger partial charge in [-0.25, -0.2) is 0 Å². The number of aromatic nitrogens is 2. The minimum Gasteiger partial charge on any atom is -0.374 e. The van der Waals surface area contributed by atoms with Crippen molar-refractivity contribution in [3.05, 3.63) is 24.3 Å². The molecule has 55 valence electrons. The van der Waals surface area contributed by atoms with Gasteiger partial charge in [0.1, 0.15) is 0 Å². The number of hydrogen-bond acceptors (Lipinski definition) is 2. The topological polar surface area (TPSA) is 25.8 Å². The Hall–Kier alpha value is -0.258. The first-order valence-electron chi connectivity index (χ1n) is 2.99. The van der Waals surface area contributed by atoms with Crippen LogP contribution >= 0.6 is 0 Å². The van der Waals surface area contributed by atoms with Gasteiger partial charge in [0.25, 0.3) is 0 Å². The molecule has 0 saturated heterocycles. The molecule has 0 saturated carbocycles. The Morgan fingerprint density at radius 2 is 2.20 bits per heavy atom. The molecular weight excluding hydrogens is 298 g/mol. The summed E-state index contributed by atoms with van der Waals surface area (Å²) >= 11 is 0. The summed E-state index contributed by atoms with van der Waals surface area (Å²) in [7, 11) is 0. The molecule has 0 aromatic carbocycles. The summed E-state index contributed by atoms with van der Waals surface area (Å²) in [5, 5.41) is 0. The molecule has 0 bridgehead atoms. The fraction of sp³-hybridized carbons (Fsp3) is 0.429. The SMILES string of the molecule is CC(C)c1ccn[c-]n1.[Re]. The average molecular weight is 307 g/mol. The van der Waals surface area contributed by atoms with Crippen LogP contribution in [-0.2, 0) is 20.4 Å². The van der Waals surface area contributed by atoms with E-state index < -0.39 is 0 Å². The molecule has 0 atom stereocenters. The third kappa shape index (κ3) is 2.55. The summed E-state index contributed by atoms with van der Waals surface area (Å²) in [4.78, 5) is 7.63. The summed E-state index contributed by atoms with van der Waals surface area (Å²) in [6, 6.07) is 1.90. The molecule has 0 N–H and O–H groups in total. The van der Waals surface area contributed by atoms with Gasteiger partial charge in [-0.2, -0.15) is 0 Å². The summed E-state index contributed by atoms with van der Waals surface area (Å²) in [6.45, 7) is 4.19. The van der Waals surface area contributed by atoms with Crippen molar-refractivity contribution in [2.75, 3.05) is 0 Å². The second-order valence-electron chi connectivity index (χ2n) is 2.24. The second kappa shape index (κ2) is 4.54. The molecule has 1 heterocycles. The molecule has 2 nitrogen and oxygen atoms in total. The summed E-state index contributed by atoms with van der Waals surface area (Å²) < 4.78 is 0. The monoisotopic (exact) mass is 308 g/mol. The first-order valence-corrected chi connectivity index (χ1v) is 2.99. The zero-order valence-electron chi connectivity index (χ0n) is 6.00. The van der Waals surface area contributed by atoms with Gasteiger partial charge >= 0.3 is 0 Å². The molecule has 0 spiro atoms. The Morgan fingerprint density at radius 1 is 1.50 bits per heavy atom. The Kier molecular flexibility index (Phi) is 4.42. The quantitative estimate of drug-likeness (QED) is 0.733. The van der Waals surface area contributed by atoms with Gasteiger partial charge in [0, 0.05) is 26.8 Å². The van der Waals surface area contributed by atoms with Crippen LogP contribution in [0.3, 0.4) is 0 Å². The molecule has 1 rings (SSSR count). The normalized spacial score (nSPS) is 9.10. The van der Waals surface area contributed by atoms with E-state index in [1.54, 1.807) is 6.20 Å². The molecule has 3 heteroatoms. The standard InChI is InChI=1S/C7H9N2.Re/c1-6(2)7-3-4-8-5-9-7;/h3-4,6H,1-2H3;/q-1;. The van der Waals surface area contributed by atoms with Gasteiger partial charge in [0.15, 0.2) is 0 Å². The molecule has 0 aliphatic rings. The average Bonchev–Trinajstić information content (AvgIpc) is 1.90. The van der Waals surface area contributed by atoms with E-state index in [2.05, 4.69) is 30.1 Å². The van der Waals surface area contributed by atoms with E-state index in [1.165, 1.54) is 0 Å². The smallest absolute Gasteiger partial charge is 0.0216 e. The third-order valence-corrected chi connectivity index (χ3v) is 1.15. The Bertz CT molecular complexity index is 174. The fourth-order valence-corrected chi connectivity index (χ4v) is 0.592. The van der Waals surface area contributed by atoms with E-state index in [4.69, 9.17) is 0 Å². The maximum Gasteiger partial charge on any atom is 0.0216 e. The van der Waals surface area contributed by atoms with Crippen LogP contribution in [0.5, 0.6) is 0 Å². The predicted molar refractivity (Wildman–Crippen MR) is 35.0 cm³/mol. The van der Waals surface area contributed by atoms with Gasteiger partial charge in [-0.1, -0.05) is 31.7 Å². The minimum atomic E-state index is 0. The van der Waals surface area contributed by atoms with Crippen LogP contribution in [0.4, 0.5) is 0 Å². The van der Waals surface area contributed by atoms with Crippen molar-refractivity contribution in [3.8, 4) is 0 Å². The Labute approximate surface area is 74.7 Å². The van der Waals surface area contributed by atoms with Gasteiger partial charge in [-0.05, 0) is 0 Å². The van der Waals surface area contributed by atoms with E-state index in [0.29, 0.717) is 5.92 Å². The first kappa shape index (κ1) is 9.74. The summed E-state index contributed by atoms with van der Waals surface area (Å²) in [5.41, 5.74) is 1.05. The Balaban J connectivity index is 0.000000810. The van der Waals surface area contributed by atoms with Crippen LogP contribution in [-0.4, -0.2) is 9.97 Å². The summed E-state index contributed by atoms with van der Waals surface area (Å²) in [5.74, 6) is 0.476. The van der Waals surface area contributed by atoms with E-state index in [9.17, 15) is 0 Å². The van der Waals surface area contributed by atoms with Crippen LogP contribution in [0.2, 0.25) is 0 Å². The molecule has 1 aromatic heterocycles. The number of hydrogen-bond donors (Lipinski definition) is 0. The van der Waals surface area contributed by atoms with Crippen molar-refractivity contribution in [2.24, 2.45) is 0 Å². The van der Waals surface area contributed by atoms with E-state index in [0.717, 1.165) is 5.69 Å². The van der Waals surface area contributed by atoms with E-state index >= 15 is 0 Å². The molecular formula is C7H9N2Re-. The number of rotatable bonds is 1. The van der Waals surface area contributed by atoms with Gasteiger partial charge in [-0.3, -0.25) is 0 Å². The molecule has 1 radical (unpaired) electrons. The maximum absolute atomic E-state index is 3.94. The van der Waals surface area contributed by atoms with Gasteiger partial charge in [0.2, 0.25) is 0 Å². The maximum atomic E-state index is 3.94. The molecule has 0 aliphatic carbocycles. The van der Waals surface area contributed by atoms with Crippen LogP contribution in [0.15, 0.2) is 12.3 Å². The zero-order valence-corrected chi connectivity index (χ0v) is 8.72. The molecule has 10 heavy (non-hydrogen) atoms. The van der Waals surface area contributed by atoms with Crippen molar-refractivity contribution in [2.45, 2.75) is 19.8 Å². The minimum absolute atomic E-state index is 0. The van der Waals surface area contributed by atoms with Crippen molar-refractivity contribution >= 4 is 0 Å². The summed E-state index contributed by atoms with van der Waals surface area (Å²) in [6.07, 6.45) is 4.25. The fourth-order valence-electron chi connectivity index (χ4n) is 0.592. The van der Waals surface area contributed by atoms with Crippen molar-refractivity contribution in [1.29, 1.82) is 0 Å². The van der Waals surface area contributed by atoms with E-state index in [-0.39, 0.29) is 20.4 Å². The largest absolute Gasteiger partial charge is 0.374 e. The molecule has 0 amide bonds. The number of nitrogens with zero attached hydrogens (tertiary/aromatic N) is 2. The van der Waals surface area contributed by atoms with Gasteiger partial charge in [0.05, 0.1) is 0 Å². The van der Waals surface area contributed by atoms with Crippen LogP contribution in [0, 0.1) is 6.33 Å². The van der Waals surface area contributed by atoms with E-state index in [1.807, 2.05) is 6.07 Å². The molecule has 0 aliphatic heterocycles. The van der Waals surface area contributed by atoms with Crippen LogP contribution < -0.4 is 0 Å². The molecule has 1 aromatic rings. The third-order valence-electron chi connectivity index (χ3n) is 1.15. The zero-order chi connectivity index (χ0) is 6.69. The van der Waals surface area contributed by atoms with Gasteiger partial charge < -0.3 is 9.97 Å². The van der Waals surface area contributed by atoms with Crippen molar-refractivity contribution in [3.63, 3.8) is 0 Å². The van der Waals surface area contributed by atoms with Crippen LogP contribution in [0.1, 0.15) is 25.5 Å². The molecule has 0 fully saturated rings. The predicted octanol–water partition coefficient (Wildman–Crippen LogP) is 1.40. The first-order chi connectivity index (χ1) is 4.30. The van der Waals surface area contributed by atoms with Gasteiger partial charge in [-0.15, -0.1) is 6.07 Å². The van der Waals surface area contributed by atoms with Crippen LogP contribution in [0.25, 0.3) is 0 Å². The Morgan fingerprint density at radius 3 is 2.50 bits per heavy atom. The molecule has 0 unspecified atom stereocenters. The van der Waals surface area contributed by atoms with Crippen molar-refractivity contribution < 1.29 is 20.4 Å².